The summed E-state index contributed by atoms with van der Waals surface area (Å²) >= 11 is 0. The van der Waals surface area contributed by atoms with Crippen LogP contribution in [0, 0.1) is 0 Å². The van der Waals surface area contributed by atoms with Crippen molar-refractivity contribution < 1.29 is 8.85 Å². The second-order valence-corrected chi connectivity index (χ2v) is 32.1. The van der Waals surface area contributed by atoms with E-state index >= 15 is 0 Å². The maximum atomic E-state index is 6.73. The number of unbranched alkanes of at least 4 members (excludes halogenated alkanes) is 2. The Morgan fingerprint density at radius 3 is 1.62 bits per heavy atom. The van der Waals surface area contributed by atoms with Gasteiger partial charge in [-0.25, -0.2) is 0 Å². The maximum absolute atomic E-state index is 6.73. The molecule has 1 atom stereocenters. The Bertz CT molecular complexity index is 1430. The first-order valence-corrected chi connectivity index (χ1v) is 28.6. The second-order valence-electron chi connectivity index (χ2n) is 18.5. The zero-order valence-corrected chi connectivity index (χ0v) is 38.5. The fourth-order valence-corrected chi connectivity index (χ4v) is 13.8. The van der Waals surface area contributed by atoms with Gasteiger partial charge < -0.3 is 4.43 Å². The Hall–Kier alpha value is -1.82. The van der Waals surface area contributed by atoms with Crippen LogP contribution in [0.2, 0.25) is 36.3 Å². The number of hydrogen-bond acceptors (Lipinski definition) is 2. The van der Waals surface area contributed by atoms with Crippen LogP contribution in [-0.4, -0.2) is 36.0 Å². The summed E-state index contributed by atoms with van der Waals surface area (Å²) in [6.45, 7) is 29.9. The number of rotatable bonds is 21. The molecule has 0 radical (unpaired) electrons. The van der Waals surface area contributed by atoms with Gasteiger partial charge in [0.05, 0.1) is 0 Å². The summed E-state index contributed by atoms with van der Waals surface area (Å²) in [5, 5.41) is 4.98. The van der Waals surface area contributed by atoms with E-state index in [1.165, 1.54) is 66.4 Å². The van der Waals surface area contributed by atoms with Gasteiger partial charge in [0, 0.05) is 0 Å². The van der Waals surface area contributed by atoms with Crippen molar-refractivity contribution in [2.75, 3.05) is 19.4 Å². The van der Waals surface area contributed by atoms with Crippen molar-refractivity contribution in [2.45, 2.75) is 155 Å². The molecule has 0 aliphatic rings. The standard InChI is InChI=1S/C47H77O2PSi2/c1-13-14-17-26-41(28-23-37-48-51(9,10)46(3,4)5)27-22-25-40(2)42-33-35-45(36-34-42)50(43-29-18-15-19-30-43,44-31-20-16-21-32-44)39-24-38-49-52(11,12)47(6,7)8/h15-16,18-21,28-36,40,50H,13-14,17,22-27,37-39H2,1-12H3/b41-28-. The zero-order chi connectivity index (χ0) is 38.5. The molecule has 0 spiro atoms. The molecule has 3 aromatic rings. The van der Waals surface area contributed by atoms with Gasteiger partial charge in [0.2, 0.25) is 0 Å². The second kappa shape index (κ2) is 20.2. The molecule has 5 heteroatoms. The molecule has 3 rings (SSSR count). The van der Waals surface area contributed by atoms with Gasteiger partial charge in [0.1, 0.15) is 0 Å². The summed E-state index contributed by atoms with van der Waals surface area (Å²) in [4.78, 5) is 0. The van der Waals surface area contributed by atoms with Gasteiger partial charge in [-0.05, 0) is 18.1 Å². The van der Waals surface area contributed by atoms with Gasteiger partial charge in [0.15, 0.2) is 8.32 Å². The molecular weight excluding hydrogens is 684 g/mol. The van der Waals surface area contributed by atoms with E-state index in [-0.39, 0.29) is 10.1 Å². The van der Waals surface area contributed by atoms with Crippen molar-refractivity contribution in [3.05, 3.63) is 102 Å². The van der Waals surface area contributed by atoms with Crippen molar-refractivity contribution in [1.82, 2.24) is 0 Å². The van der Waals surface area contributed by atoms with Crippen molar-refractivity contribution in [1.29, 1.82) is 0 Å². The van der Waals surface area contributed by atoms with Crippen molar-refractivity contribution in [3.63, 3.8) is 0 Å². The van der Waals surface area contributed by atoms with E-state index in [1.807, 2.05) is 0 Å². The molecule has 0 amide bonds. The minimum absolute atomic E-state index is 0.222. The molecule has 0 saturated heterocycles. The van der Waals surface area contributed by atoms with Crippen LogP contribution < -0.4 is 15.9 Å². The van der Waals surface area contributed by atoms with Gasteiger partial charge >= 0.3 is 261 Å². The molecule has 0 heterocycles. The summed E-state index contributed by atoms with van der Waals surface area (Å²) in [5.74, 6) is 0.537. The summed E-state index contributed by atoms with van der Waals surface area (Å²) in [6, 6.07) is 32.7. The molecule has 290 valence electrons. The van der Waals surface area contributed by atoms with E-state index in [4.69, 9.17) is 8.85 Å². The van der Waals surface area contributed by atoms with Crippen LogP contribution in [0.25, 0.3) is 0 Å². The van der Waals surface area contributed by atoms with Crippen molar-refractivity contribution in [3.8, 4) is 0 Å². The normalized spacial score (nSPS) is 14.4. The van der Waals surface area contributed by atoms with Crippen LogP contribution in [0.15, 0.2) is 96.6 Å². The molecule has 0 bridgehead atoms. The van der Waals surface area contributed by atoms with Gasteiger partial charge in [-0.3, -0.25) is 0 Å². The fourth-order valence-electron chi connectivity index (χ4n) is 6.88. The molecule has 0 aromatic heterocycles. The first kappa shape index (κ1) is 44.6. The van der Waals surface area contributed by atoms with Crippen LogP contribution in [0.4, 0.5) is 0 Å². The van der Waals surface area contributed by atoms with Gasteiger partial charge in [-0.2, -0.15) is 0 Å². The predicted molar refractivity (Wildman–Crippen MR) is 241 cm³/mol. The summed E-state index contributed by atoms with van der Waals surface area (Å²) < 4.78 is 13.2. The average molecular weight is 761 g/mol. The van der Waals surface area contributed by atoms with Gasteiger partial charge in [-0.15, -0.1) is 0 Å². The predicted octanol–water partition coefficient (Wildman–Crippen LogP) is 13.3. The van der Waals surface area contributed by atoms with Crippen LogP contribution in [0.3, 0.4) is 0 Å². The van der Waals surface area contributed by atoms with E-state index in [2.05, 4.69) is 173 Å². The Balaban J connectivity index is 1.77. The van der Waals surface area contributed by atoms with Crippen LogP contribution >= 0.6 is 7.26 Å². The summed E-state index contributed by atoms with van der Waals surface area (Å²) in [7, 11) is -5.79. The minimum atomic E-state index is -2.30. The van der Waals surface area contributed by atoms with Gasteiger partial charge in [0.25, 0.3) is 0 Å². The quantitative estimate of drug-likeness (QED) is 0.0466. The average Bonchev–Trinajstić information content (AvgIpc) is 3.10. The van der Waals surface area contributed by atoms with E-state index in [0.717, 1.165) is 32.2 Å². The Morgan fingerprint density at radius 2 is 1.12 bits per heavy atom. The van der Waals surface area contributed by atoms with Gasteiger partial charge in [-0.1, -0.05) is 34.1 Å². The molecule has 0 fully saturated rings. The molecule has 0 saturated carbocycles. The Morgan fingerprint density at radius 1 is 0.635 bits per heavy atom. The van der Waals surface area contributed by atoms with Crippen molar-refractivity contribution in [2.24, 2.45) is 0 Å². The number of allylic oxidation sites excluding steroid dienone is 1. The van der Waals surface area contributed by atoms with Crippen LogP contribution in [-0.2, 0) is 8.85 Å². The molecule has 3 aromatic carbocycles. The van der Waals surface area contributed by atoms with E-state index in [0.29, 0.717) is 5.92 Å². The number of benzene rings is 3. The number of hydrogen-bond donors (Lipinski definition) is 0. The van der Waals surface area contributed by atoms with Crippen LogP contribution in [0.1, 0.15) is 125 Å². The Kier molecular flexibility index (Phi) is 17.3. The summed E-state index contributed by atoms with van der Waals surface area (Å²) in [5.41, 5.74) is 3.11. The molecule has 2 nitrogen and oxygen atoms in total. The third-order valence-corrected chi connectivity index (χ3v) is 26.7. The first-order valence-electron chi connectivity index (χ1n) is 20.6. The van der Waals surface area contributed by atoms with Crippen LogP contribution in [0.5, 0.6) is 0 Å². The molecule has 52 heavy (non-hydrogen) atoms. The summed E-state index contributed by atoms with van der Waals surface area (Å²) in [6.07, 6.45) is 14.6. The molecule has 1 unspecified atom stereocenters. The van der Waals surface area contributed by atoms with E-state index < -0.39 is 23.9 Å². The Labute approximate surface area is 324 Å². The third-order valence-electron chi connectivity index (χ3n) is 12.5. The zero-order valence-electron chi connectivity index (χ0n) is 35.5. The van der Waals surface area contributed by atoms with E-state index in [1.54, 1.807) is 5.57 Å². The molecule has 0 N–H and O–H groups in total. The monoisotopic (exact) mass is 761 g/mol. The van der Waals surface area contributed by atoms with Crippen molar-refractivity contribution >= 4 is 39.8 Å². The topological polar surface area (TPSA) is 18.5 Å². The first-order chi connectivity index (χ1) is 24.4. The third kappa shape index (κ3) is 12.6. The molecule has 0 aliphatic heterocycles. The van der Waals surface area contributed by atoms with E-state index in [9.17, 15) is 0 Å². The molecule has 0 aliphatic carbocycles. The SMILES string of the molecule is CCCCC/C(=C/CCO[Si](C)(C)C(C)(C)C)CCCC(C)c1ccc([PH](CCCO[Si](C)(C)C(C)(C)C)(c2ccccc2)c2ccccc2)cc1. The fraction of sp³-hybridized carbons (Fsp3) is 0.574. The molecular formula is C47H77O2PSi2.